The van der Waals surface area contributed by atoms with E-state index in [1.165, 1.54) is 6.08 Å². The van der Waals surface area contributed by atoms with E-state index >= 15 is 0 Å². The number of aliphatic carboxylic acids is 1. The smallest absolute Gasteiger partial charge is 0.357 e. The highest BCUT2D eigenvalue weighted by Gasteiger charge is 2.04. The third kappa shape index (κ3) is 2.75. The first kappa shape index (κ1) is 9.98. The summed E-state index contributed by atoms with van der Waals surface area (Å²) in [6.45, 7) is 0. The van der Waals surface area contributed by atoms with Crippen LogP contribution in [0.25, 0.3) is 6.08 Å². The molecule has 2 N–H and O–H groups in total. The number of benzene rings is 1. The third-order valence-electron chi connectivity index (χ3n) is 1.56. The summed E-state index contributed by atoms with van der Waals surface area (Å²) < 4.78 is 0. The molecule has 14 heavy (non-hydrogen) atoms. The number of carboxylic acids is 1. The van der Waals surface area contributed by atoms with Gasteiger partial charge in [0.05, 0.1) is 0 Å². The van der Waals surface area contributed by atoms with Crippen molar-refractivity contribution < 1.29 is 15.1 Å². The van der Waals surface area contributed by atoms with E-state index < -0.39 is 11.7 Å². The molecule has 0 fully saturated rings. The van der Waals surface area contributed by atoms with E-state index in [9.17, 15) is 4.79 Å². The molecule has 0 heterocycles. The molecule has 4 nitrogen and oxygen atoms in total. The number of nitrogens with zero attached hydrogens (tertiary/aromatic N) is 1. The molecule has 0 bridgehead atoms. The number of carbonyl (C=O) groups is 1. The van der Waals surface area contributed by atoms with E-state index in [4.69, 9.17) is 10.3 Å². The van der Waals surface area contributed by atoms with E-state index in [0.29, 0.717) is 0 Å². The van der Waals surface area contributed by atoms with Crippen molar-refractivity contribution in [3.8, 4) is 0 Å². The maximum Gasteiger partial charge on any atom is 0.357 e. The van der Waals surface area contributed by atoms with Crippen LogP contribution in [-0.2, 0) is 4.79 Å². The van der Waals surface area contributed by atoms with E-state index in [-0.39, 0.29) is 0 Å². The molecule has 1 rings (SSSR count). The molecule has 0 atom stereocenters. The van der Waals surface area contributed by atoms with Gasteiger partial charge in [-0.3, -0.25) is 0 Å². The second kappa shape index (κ2) is 4.81. The minimum absolute atomic E-state index is 0.395. The average Bonchev–Trinajstić information content (AvgIpc) is 2.20. The van der Waals surface area contributed by atoms with Gasteiger partial charge in [-0.25, -0.2) is 4.79 Å². The predicted octanol–water partition coefficient (Wildman–Crippen LogP) is 1.61. The summed E-state index contributed by atoms with van der Waals surface area (Å²) in [7, 11) is 0. The molecule has 0 saturated heterocycles. The normalized spacial score (nSPS) is 11.9. The first-order valence-corrected chi connectivity index (χ1v) is 3.92. The maximum absolute atomic E-state index is 10.4. The summed E-state index contributed by atoms with van der Waals surface area (Å²) in [4.78, 5) is 10.4. The molecular formula is C10H9NO3. The fraction of sp³-hybridized carbons (Fsp3) is 0. The lowest BCUT2D eigenvalue weighted by Gasteiger charge is -1.91. The summed E-state index contributed by atoms with van der Waals surface area (Å²) in [6, 6.07) is 9.14. The van der Waals surface area contributed by atoms with Crippen LogP contribution >= 0.6 is 0 Å². The number of carboxylic acid groups (broad SMARTS) is 1. The fourth-order valence-corrected chi connectivity index (χ4v) is 0.887. The lowest BCUT2D eigenvalue weighted by atomic mass is 10.2. The Bertz CT molecular complexity index is 368. The Morgan fingerprint density at radius 2 is 1.93 bits per heavy atom. The summed E-state index contributed by atoms with van der Waals surface area (Å²) in [5.41, 5.74) is 0.448. The Kier molecular flexibility index (Phi) is 3.43. The lowest BCUT2D eigenvalue weighted by Crippen LogP contribution is -2.09. The van der Waals surface area contributed by atoms with Crippen LogP contribution < -0.4 is 0 Å². The Balaban J connectivity index is 2.78. The maximum atomic E-state index is 10.4. The van der Waals surface area contributed by atoms with Crippen molar-refractivity contribution in [3.05, 3.63) is 42.0 Å². The molecule has 0 amide bonds. The fourth-order valence-electron chi connectivity index (χ4n) is 0.887. The number of oxime groups is 1. The van der Waals surface area contributed by atoms with Crippen molar-refractivity contribution in [1.82, 2.24) is 0 Å². The van der Waals surface area contributed by atoms with E-state index in [1.807, 2.05) is 30.3 Å². The van der Waals surface area contributed by atoms with Gasteiger partial charge < -0.3 is 10.3 Å². The Morgan fingerprint density at radius 1 is 1.29 bits per heavy atom. The second-order valence-corrected chi connectivity index (χ2v) is 2.53. The van der Waals surface area contributed by atoms with Gasteiger partial charge in [0.25, 0.3) is 0 Å². The highest BCUT2D eigenvalue weighted by Crippen LogP contribution is 2.01. The SMILES string of the molecule is O=C(O)C(/C=C\c1ccccc1)=N\O. The van der Waals surface area contributed by atoms with Gasteiger partial charge >= 0.3 is 5.97 Å². The summed E-state index contributed by atoms with van der Waals surface area (Å²) in [5.74, 6) is -1.26. The Labute approximate surface area is 80.8 Å². The highest BCUT2D eigenvalue weighted by atomic mass is 16.4. The summed E-state index contributed by atoms with van der Waals surface area (Å²) >= 11 is 0. The zero-order chi connectivity index (χ0) is 10.4. The first-order chi connectivity index (χ1) is 6.74. The minimum atomic E-state index is -1.26. The molecule has 0 saturated carbocycles. The van der Waals surface area contributed by atoms with Gasteiger partial charge in [-0.15, -0.1) is 0 Å². The van der Waals surface area contributed by atoms with Crippen LogP contribution in [0.15, 0.2) is 41.6 Å². The van der Waals surface area contributed by atoms with E-state index in [0.717, 1.165) is 5.56 Å². The number of hydrogen-bond acceptors (Lipinski definition) is 3. The highest BCUT2D eigenvalue weighted by molar-refractivity contribution is 6.40. The monoisotopic (exact) mass is 191 g/mol. The van der Waals surface area contributed by atoms with Gasteiger partial charge in [0.2, 0.25) is 0 Å². The van der Waals surface area contributed by atoms with Crippen LogP contribution in [0.1, 0.15) is 5.56 Å². The largest absolute Gasteiger partial charge is 0.476 e. The van der Waals surface area contributed by atoms with Crippen LogP contribution in [0.5, 0.6) is 0 Å². The second-order valence-electron chi connectivity index (χ2n) is 2.53. The van der Waals surface area contributed by atoms with Gasteiger partial charge in [0.1, 0.15) is 0 Å². The van der Waals surface area contributed by atoms with Crippen molar-refractivity contribution in [1.29, 1.82) is 0 Å². The van der Waals surface area contributed by atoms with Crippen LogP contribution in [0, 0.1) is 0 Å². The molecule has 0 spiro atoms. The standard InChI is InChI=1S/C10H9NO3/c12-10(13)9(11-14)7-6-8-4-2-1-3-5-8/h1-7,14H,(H,12,13)/b7-6-,11-9-. The summed E-state index contributed by atoms with van der Waals surface area (Å²) in [6.07, 6.45) is 2.79. The van der Waals surface area contributed by atoms with E-state index in [2.05, 4.69) is 5.16 Å². The molecule has 0 aliphatic carbocycles. The molecule has 1 aromatic rings. The van der Waals surface area contributed by atoms with Gasteiger partial charge in [0, 0.05) is 0 Å². The molecule has 0 aliphatic heterocycles. The van der Waals surface area contributed by atoms with Gasteiger partial charge in [-0.2, -0.15) is 0 Å². The zero-order valence-electron chi connectivity index (χ0n) is 7.29. The predicted molar refractivity (Wildman–Crippen MR) is 52.3 cm³/mol. The summed E-state index contributed by atoms with van der Waals surface area (Å²) in [5, 5.41) is 19.5. The third-order valence-corrected chi connectivity index (χ3v) is 1.56. The van der Waals surface area contributed by atoms with Gasteiger partial charge in [0.15, 0.2) is 5.71 Å². The molecule has 0 aliphatic rings. The van der Waals surface area contributed by atoms with Crippen LogP contribution in [-0.4, -0.2) is 22.0 Å². The van der Waals surface area contributed by atoms with Crippen molar-refractivity contribution in [2.75, 3.05) is 0 Å². The van der Waals surface area contributed by atoms with Gasteiger partial charge in [-0.05, 0) is 11.6 Å². The number of rotatable bonds is 3. The Morgan fingerprint density at radius 3 is 2.43 bits per heavy atom. The average molecular weight is 191 g/mol. The van der Waals surface area contributed by atoms with Crippen molar-refractivity contribution in [3.63, 3.8) is 0 Å². The molecule has 4 heteroatoms. The van der Waals surface area contributed by atoms with Crippen LogP contribution in [0.2, 0.25) is 0 Å². The minimum Gasteiger partial charge on any atom is -0.476 e. The van der Waals surface area contributed by atoms with Crippen molar-refractivity contribution in [2.24, 2.45) is 5.16 Å². The number of hydrogen-bond donors (Lipinski definition) is 2. The van der Waals surface area contributed by atoms with Crippen molar-refractivity contribution >= 4 is 17.8 Å². The van der Waals surface area contributed by atoms with Crippen molar-refractivity contribution in [2.45, 2.75) is 0 Å². The van der Waals surface area contributed by atoms with E-state index in [1.54, 1.807) is 6.08 Å². The molecule has 72 valence electrons. The molecule has 0 aromatic heterocycles. The Hall–Kier alpha value is -2.10. The molecule has 1 aromatic carbocycles. The quantitative estimate of drug-likeness (QED) is 0.433. The van der Waals surface area contributed by atoms with Crippen LogP contribution in [0.3, 0.4) is 0 Å². The van der Waals surface area contributed by atoms with Gasteiger partial charge in [-0.1, -0.05) is 41.6 Å². The molecule has 0 unspecified atom stereocenters. The topological polar surface area (TPSA) is 69.9 Å². The first-order valence-electron chi connectivity index (χ1n) is 3.92. The molecular weight excluding hydrogens is 182 g/mol. The molecule has 0 radical (unpaired) electrons. The van der Waals surface area contributed by atoms with Crippen LogP contribution in [0.4, 0.5) is 0 Å². The zero-order valence-corrected chi connectivity index (χ0v) is 7.29. The lowest BCUT2D eigenvalue weighted by molar-refractivity contribution is -0.129.